The molecule has 2 fully saturated rings. The first kappa shape index (κ1) is 17.9. The Labute approximate surface area is 157 Å². The molecule has 0 atom stereocenters. The molecule has 0 saturated carbocycles. The number of rotatable bonds is 3. The molecule has 27 heavy (non-hydrogen) atoms. The van der Waals surface area contributed by atoms with Crippen LogP contribution in [0, 0.1) is 11.6 Å². The molecule has 2 aromatic rings. The molecule has 4 rings (SSSR count). The second kappa shape index (κ2) is 7.64. The first-order chi connectivity index (χ1) is 13.1. The van der Waals surface area contributed by atoms with Crippen LogP contribution < -0.4 is 5.32 Å². The van der Waals surface area contributed by atoms with E-state index in [1.54, 1.807) is 4.90 Å². The number of carbonyl (C=O) groups is 1. The average molecular weight is 371 g/mol. The fourth-order valence-electron chi connectivity index (χ4n) is 4.00. The summed E-state index contributed by atoms with van der Waals surface area (Å²) in [5.74, 6) is -0.786. The molecule has 0 unspecified atom stereocenters. The van der Waals surface area contributed by atoms with E-state index in [0.29, 0.717) is 25.0 Å². The van der Waals surface area contributed by atoms with Gasteiger partial charge in [-0.3, -0.25) is 4.90 Å². The fraction of sp³-hybridized carbons (Fsp3) is 0.381. The zero-order valence-corrected chi connectivity index (χ0v) is 15.1. The third-order valence-corrected chi connectivity index (χ3v) is 5.58. The maximum absolute atomic E-state index is 13.2. The van der Waals surface area contributed by atoms with Gasteiger partial charge in [0.1, 0.15) is 11.6 Å². The zero-order valence-electron chi connectivity index (χ0n) is 15.1. The van der Waals surface area contributed by atoms with E-state index in [4.69, 9.17) is 0 Å². The number of likely N-dealkylation sites (tertiary alicyclic amines) is 2. The van der Waals surface area contributed by atoms with Crippen molar-refractivity contribution in [2.24, 2.45) is 0 Å². The van der Waals surface area contributed by atoms with Gasteiger partial charge in [-0.2, -0.15) is 0 Å². The highest BCUT2D eigenvalue weighted by Crippen LogP contribution is 2.30. The van der Waals surface area contributed by atoms with Gasteiger partial charge in [-0.05, 0) is 49.5 Å². The van der Waals surface area contributed by atoms with Crippen LogP contribution in [0.4, 0.5) is 19.3 Å². The maximum atomic E-state index is 13.2. The largest absolute Gasteiger partial charge is 0.321 e. The fourth-order valence-corrected chi connectivity index (χ4v) is 4.00. The Hall–Kier alpha value is -2.47. The van der Waals surface area contributed by atoms with Crippen LogP contribution in [0.25, 0.3) is 0 Å². The molecule has 2 heterocycles. The van der Waals surface area contributed by atoms with Crippen molar-refractivity contribution in [3.63, 3.8) is 0 Å². The molecule has 0 aromatic heterocycles. The second-order valence-corrected chi connectivity index (χ2v) is 7.37. The van der Waals surface area contributed by atoms with E-state index < -0.39 is 11.6 Å². The Balaban J connectivity index is 1.24. The molecule has 142 valence electrons. The number of amides is 2. The Morgan fingerprint density at radius 2 is 1.59 bits per heavy atom. The van der Waals surface area contributed by atoms with Gasteiger partial charge in [0.2, 0.25) is 0 Å². The summed E-state index contributed by atoms with van der Waals surface area (Å²) in [5.41, 5.74) is 1.55. The molecular formula is C21H23F2N3O. The molecule has 2 saturated heterocycles. The van der Waals surface area contributed by atoms with Crippen LogP contribution in [-0.4, -0.2) is 48.1 Å². The van der Waals surface area contributed by atoms with Crippen LogP contribution in [0.15, 0.2) is 48.5 Å². The van der Waals surface area contributed by atoms with Crippen LogP contribution in [0.2, 0.25) is 0 Å². The van der Waals surface area contributed by atoms with Crippen molar-refractivity contribution in [1.82, 2.24) is 9.80 Å². The van der Waals surface area contributed by atoms with Gasteiger partial charge < -0.3 is 10.2 Å². The number of benzene rings is 2. The summed E-state index contributed by atoms with van der Waals surface area (Å²) in [6.07, 6.45) is 2.27. The van der Waals surface area contributed by atoms with Crippen molar-refractivity contribution in [2.45, 2.75) is 24.8 Å². The molecule has 6 heteroatoms. The molecule has 0 aliphatic carbocycles. The lowest BCUT2D eigenvalue weighted by atomic mass is 9.88. The van der Waals surface area contributed by atoms with Gasteiger partial charge in [0, 0.05) is 30.9 Å². The third-order valence-electron chi connectivity index (χ3n) is 5.58. The summed E-state index contributed by atoms with van der Waals surface area (Å²) in [6.45, 7) is 3.38. The monoisotopic (exact) mass is 371 g/mol. The standard InChI is InChI=1S/C21H23F2N3O/c22-17-10-18(23)12-19(11-17)24-21(27)26-13-20(14-26)25-8-6-16(7-9-25)15-4-2-1-3-5-15/h1-5,10-12,16,20H,6-9,13-14H2,(H,24,27). The van der Waals surface area contributed by atoms with Gasteiger partial charge >= 0.3 is 6.03 Å². The van der Waals surface area contributed by atoms with Crippen LogP contribution in [-0.2, 0) is 0 Å². The summed E-state index contributed by atoms with van der Waals surface area (Å²) in [5, 5.41) is 2.57. The van der Waals surface area contributed by atoms with Crippen molar-refractivity contribution in [2.75, 3.05) is 31.5 Å². The van der Waals surface area contributed by atoms with E-state index in [9.17, 15) is 13.6 Å². The maximum Gasteiger partial charge on any atom is 0.321 e. The Bertz CT molecular complexity index is 780. The molecule has 2 aliphatic heterocycles. The normalized spacial score (nSPS) is 19.0. The molecule has 2 aromatic carbocycles. The first-order valence-corrected chi connectivity index (χ1v) is 9.39. The second-order valence-electron chi connectivity index (χ2n) is 7.37. The van der Waals surface area contributed by atoms with Crippen molar-refractivity contribution in [3.05, 3.63) is 65.7 Å². The van der Waals surface area contributed by atoms with Gasteiger partial charge in [-0.25, -0.2) is 13.6 Å². The van der Waals surface area contributed by atoms with Crippen LogP contribution in [0.5, 0.6) is 0 Å². The number of nitrogens with one attached hydrogen (secondary N) is 1. The van der Waals surface area contributed by atoms with Crippen LogP contribution in [0.1, 0.15) is 24.3 Å². The molecule has 0 radical (unpaired) electrons. The predicted octanol–water partition coefficient (Wildman–Crippen LogP) is 4.06. The number of carbonyl (C=O) groups excluding carboxylic acids is 1. The van der Waals surface area contributed by atoms with Crippen LogP contribution >= 0.6 is 0 Å². The quantitative estimate of drug-likeness (QED) is 0.883. The lowest BCUT2D eigenvalue weighted by Gasteiger charge is -2.47. The summed E-state index contributed by atoms with van der Waals surface area (Å²) in [7, 11) is 0. The highest BCUT2D eigenvalue weighted by molar-refractivity contribution is 5.89. The number of hydrogen-bond donors (Lipinski definition) is 1. The minimum Gasteiger partial charge on any atom is -0.321 e. The molecule has 0 bridgehead atoms. The number of hydrogen-bond acceptors (Lipinski definition) is 2. The van der Waals surface area contributed by atoms with Gasteiger partial charge in [0.15, 0.2) is 0 Å². The van der Waals surface area contributed by atoms with Gasteiger partial charge in [0.25, 0.3) is 0 Å². The van der Waals surface area contributed by atoms with E-state index in [-0.39, 0.29) is 11.7 Å². The topological polar surface area (TPSA) is 35.6 Å². The van der Waals surface area contributed by atoms with E-state index in [1.807, 2.05) is 6.07 Å². The zero-order chi connectivity index (χ0) is 18.8. The molecule has 0 spiro atoms. The minimum absolute atomic E-state index is 0.143. The first-order valence-electron chi connectivity index (χ1n) is 9.39. The average Bonchev–Trinajstić information content (AvgIpc) is 2.61. The predicted molar refractivity (Wildman–Crippen MR) is 101 cm³/mol. The Kier molecular flexibility index (Phi) is 5.07. The molecular weight excluding hydrogens is 348 g/mol. The lowest BCUT2D eigenvalue weighted by molar-refractivity contribution is 0.0454. The van der Waals surface area contributed by atoms with Gasteiger partial charge in [-0.1, -0.05) is 30.3 Å². The molecule has 2 aliphatic rings. The lowest BCUT2D eigenvalue weighted by Crippen LogP contribution is -2.62. The van der Waals surface area contributed by atoms with Gasteiger partial charge in [0.05, 0.1) is 0 Å². The van der Waals surface area contributed by atoms with Gasteiger partial charge in [-0.15, -0.1) is 0 Å². The number of nitrogens with zero attached hydrogens (tertiary/aromatic N) is 2. The van der Waals surface area contributed by atoms with E-state index in [2.05, 4.69) is 34.5 Å². The Morgan fingerprint density at radius 3 is 2.22 bits per heavy atom. The molecule has 4 nitrogen and oxygen atoms in total. The van der Waals surface area contributed by atoms with Crippen molar-refractivity contribution >= 4 is 11.7 Å². The SMILES string of the molecule is O=C(Nc1cc(F)cc(F)c1)N1CC(N2CCC(c3ccccc3)CC2)C1. The molecule has 1 N–H and O–H groups in total. The number of anilines is 1. The summed E-state index contributed by atoms with van der Waals surface area (Å²) in [6, 6.07) is 13.7. The number of halogens is 2. The van der Waals surface area contributed by atoms with E-state index in [1.165, 1.54) is 5.56 Å². The van der Waals surface area contributed by atoms with Crippen LogP contribution in [0.3, 0.4) is 0 Å². The summed E-state index contributed by atoms with van der Waals surface area (Å²) < 4.78 is 26.4. The van der Waals surface area contributed by atoms with E-state index in [0.717, 1.165) is 44.1 Å². The summed E-state index contributed by atoms with van der Waals surface area (Å²) in [4.78, 5) is 16.4. The van der Waals surface area contributed by atoms with Crippen molar-refractivity contribution in [3.8, 4) is 0 Å². The Morgan fingerprint density at radius 1 is 0.963 bits per heavy atom. The molecule has 2 amide bonds. The minimum atomic E-state index is -0.701. The van der Waals surface area contributed by atoms with Crippen molar-refractivity contribution in [1.29, 1.82) is 0 Å². The third kappa shape index (κ3) is 4.11. The van der Waals surface area contributed by atoms with Crippen molar-refractivity contribution < 1.29 is 13.6 Å². The smallest absolute Gasteiger partial charge is 0.321 e. The highest BCUT2D eigenvalue weighted by atomic mass is 19.1. The highest BCUT2D eigenvalue weighted by Gasteiger charge is 2.36. The number of urea groups is 1. The number of piperidine rings is 1. The summed E-state index contributed by atoms with van der Waals surface area (Å²) >= 11 is 0. The van der Waals surface area contributed by atoms with E-state index >= 15 is 0 Å².